The van der Waals surface area contributed by atoms with Crippen molar-refractivity contribution in [1.82, 2.24) is 4.90 Å². The zero-order valence-electron chi connectivity index (χ0n) is 12.1. The Hall–Kier alpha value is 0.310. The van der Waals surface area contributed by atoms with E-state index in [9.17, 15) is 0 Å². The van der Waals surface area contributed by atoms with Gasteiger partial charge in [0.2, 0.25) is 0 Å². The average Bonchev–Trinajstić information content (AvgIpc) is 1.98. The molecule has 16 heavy (non-hydrogen) atoms. The summed E-state index contributed by atoms with van der Waals surface area (Å²) in [5, 5.41) is 0. The first-order valence-electron chi connectivity index (χ1n) is 6.51. The highest BCUT2D eigenvalue weighted by atomic mass is 32.1. The molecule has 0 atom stereocenters. The van der Waals surface area contributed by atoms with E-state index in [4.69, 9.17) is 0 Å². The molecule has 0 spiro atoms. The molecule has 0 radical (unpaired) electrons. The molecule has 0 aromatic carbocycles. The second kappa shape index (κ2) is 6.90. The minimum Gasteiger partial charge on any atom is -0.306 e. The van der Waals surface area contributed by atoms with Gasteiger partial charge < -0.3 is 4.90 Å². The standard InChI is InChI=1S/C14H31NS/c1-13(2,3)9-7-11-15(6)12-8-10-14(4,5)16/h16H,7-12H2,1-6H3. The molecule has 0 bridgehead atoms. The van der Waals surface area contributed by atoms with Gasteiger partial charge in [-0.2, -0.15) is 12.6 Å². The number of thiol groups is 1. The van der Waals surface area contributed by atoms with E-state index in [1.54, 1.807) is 0 Å². The molecule has 0 aliphatic rings. The molecule has 0 unspecified atom stereocenters. The molecule has 1 nitrogen and oxygen atoms in total. The third-order valence-corrected chi connectivity index (χ3v) is 3.02. The van der Waals surface area contributed by atoms with Gasteiger partial charge in [-0.15, -0.1) is 0 Å². The summed E-state index contributed by atoms with van der Waals surface area (Å²) in [6, 6.07) is 0. The monoisotopic (exact) mass is 245 g/mol. The fraction of sp³-hybridized carbons (Fsp3) is 1.00. The predicted molar refractivity (Wildman–Crippen MR) is 78.5 cm³/mol. The van der Waals surface area contributed by atoms with Gasteiger partial charge in [0.25, 0.3) is 0 Å². The van der Waals surface area contributed by atoms with Crippen molar-refractivity contribution in [3.05, 3.63) is 0 Å². The van der Waals surface area contributed by atoms with Crippen LogP contribution in [-0.2, 0) is 0 Å². The zero-order chi connectivity index (χ0) is 12.8. The van der Waals surface area contributed by atoms with Gasteiger partial charge in [0.1, 0.15) is 0 Å². The van der Waals surface area contributed by atoms with Crippen LogP contribution in [0.1, 0.15) is 60.3 Å². The zero-order valence-corrected chi connectivity index (χ0v) is 13.0. The second-order valence-corrected chi connectivity index (χ2v) is 8.09. The van der Waals surface area contributed by atoms with Gasteiger partial charge in [-0.3, -0.25) is 0 Å². The summed E-state index contributed by atoms with van der Waals surface area (Å²) < 4.78 is 0.187. The Bertz CT molecular complexity index is 156. The van der Waals surface area contributed by atoms with Crippen LogP contribution in [0.15, 0.2) is 0 Å². The molecule has 0 amide bonds. The van der Waals surface area contributed by atoms with Crippen molar-refractivity contribution in [2.45, 2.75) is 65.0 Å². The maximum Gasteiger partial charge on any atom is 0.00736 e. The lowest BCUT2D eigenvalue weighted by molar-refractivity contribution is 0.281. The van der Waals surface area contributed by atoms with Crippen LogP contribution in [0, 0.1) is 5.41 Å². The maximum atomic E-state index is 4.55. The first-order valence-corrected chi connectivity index (χ1v) is 6.96. The van der Waals surface area contributed by atoms with Crippen molar-refractivity contribution in [3.63, 3.8) is 0 Å². The fourth-order valence-electron chi connectivity index (χ4n) is 1.77. The van der Waals surface area contributed by atoms with Crippen LogP contribution in [0.2, 0.25) is 0 Å². The molecule has 0 N–H and O–H groups in total. The number of hydrogen-bond donors (Lipinski definition) is 1. The molecule has 0 aromatic rings. The van der Waals surface area contributed by atoms with E-state index in [-0.39, 0.29) is 4.75 Å². The normalized spacial score (nSPS) is 13.5. The molecule has 0 aromatic heterocycles. The Kier molecular flexibility index (Phi) is 7.04. The Balaban J connectivity index is 3.49. The molecular formula is C14H31NS. The number of rotatable bonds is 7. The van der Waals surface area contributed by atoms with Crippen molar-refractivity contribution < 1.29 is 0 Å². The molecule has 0 aliphatic carbocycles. The van der Waals surface area contributed by atoms with Crippen LogP contribution in [0.4, 0.5) is 0 Å². The summed E-state index contributed by atoms with van der Waals surface area (Å²) in [4.78, 5) is 2.45. The van der Waals surface area contributed by atoms with E-state index >= 15 is 0 Å². The van der Waals surface area contributed by atoms with Crippen LogP contribution < -0.4 is 0 Å². The molecule has 98 valence electrons. The highest BCUT2D eigenvalue weighted by Crippen LogP contribution is 2.21. The van der Waals surface area contributed by atoms with E-state index in [1.807, 2.05) is 0 Å². The van der Waals surface area contributed by atoms with Crippen molar-refractivity contribution in [1.29, 1.82) is 0 Å². The molecule has 0 saturated heterocycles. The minimum absolute atomic E-state index is 0.187. The summed E-state index contributed by atoms with van der Waals surface area (Å²) in [7, 11) is 2.23. The van der Waals surface area contributed by atoms with Gasteiger partial charge in [0.15, 0.2) is 0 Å². The first kappa shape index (κ1) is 16.3. The topological polar surface area (TPSA) is 3.24 Å². The highest BCUT2D eigenvalue weighted by molar-refractivity contribution is 7.81. The predicted octanol–water partition coefficient (Wildman–Crippen LogP) is 4.23. The molecule has 0 aliphatic heterocycles. The molecular weight excluding hydrogens is 214 g/mol. The van der Waals surface area contributed by atoms with Crippen molar-refractivity contribution in [2.24, 2.45) is 5.41 Å². The quantitative estimate of drug-likeness (QED) is 0.657. The molecule has 0 heterocycles. The lowest BCUT2D eigenvalue weighted by Crippen LogP contribution is -2.23. The van der Waals surface area contributed by atoms with E-state index in [0.29, 0.717) is 5.41 Å². The van der Waals surface area contributed by atoms with E-state index in [0.717, 1.165) is 0 Å². The maximum absolute atomic E-state index is 4.55. The van der Waals surface area contributed by atoms with Crippen LogP contribution in [0.25, 0.3) is 0 Å². The first-order chi connectivity index (χ1) is 7.10. The minimum atomic E-state index is 0.187. The van der Waals surface area contributed by atoms with Gasteiger partial charge >= 0.3 is 0 Å². The Labute approximate surface area is 108 Å². The van der Waals surface area contributed by atoms with E-state index in [1.165, 1.54) is 38.8 Å². The number of hydrogen-bond acceptors (Lipinski definition) is 2. The van der Waals surface area contributed by atoms with Gasteiger partial charge in [0.05, 0.1) is 0 Å². The molecule has 0 saturated carbocycles. The Morgan fingerprint density at radius 2 is 1.31 bits per heavy atom. The summed E-state index contributed by atoms with van der Waals surface area (Å²) in [5.74, 6) is 0. The lowest BCUT2D eigenvalue weighted by Gasteiger charge is -2.23. The van der Waals surface area contributed by atoms with Gasteiger partial charge in [0, 0.05) is 4.75 Å². The fourth-order valence-corrected chi connectivity index (χ4v) is 1.93. The van der Waals surface area contributed by atoms with Crippen LogP contribution in [-0.4, -0.2) is 29.8 Å². The second-order valence-electron chi connectivity index (χ2n) is 6.88. The highest BCUT2D eigenvalue weighted by Gasteiger charge is 2.12. The van der Waals surface area contributed by atoms with Gasteiger partial charge in [-0.05, 0) is 51.2 Å². The number of nitrogens with zero attached hydrogens (tertiary/aromatic N) is 1. The van der Waals surface area contributed by atoms with Gasteiger partial charge in [-0.25, -0.2) is 0 Å². The van der Waals surface area contributed by atoms with Gasteiger partial charge in [-0.1, -0.05) is 34.6 Å². The largest absolute Gasteiger partial charge is 0.306 e. The summed E-state index contributed by atoms with van der Waals surface area (Å²) in [5.41, 5.74) is 0.480. The third-order valence-electron chi connectivity index (χ3n) is 2.80. The van der Waals surface area contributed by atoms with E-state index in [2.05, 4.69) is 59.2 Å². The van der Waals surface area contributed by atoms with Crippen LogP contribution >= 0.6 is 12.6 Å². The molecule has 2 heteroatoms. The van der Waals surface area contributed by atoms with Crippen molar-refractivity contribution in [2.75, 3.05) is 20.1 Å². The molecule has 0 fully saturated rings. The van der Waals surface area contributed by atoms with Crippen LogP contribution in [0.3, 0.4) is 0 Å². The smallest absolute Gasteiger partial charge is 0.00736 e. The molecule has 0 rings (SSSR count). The lowest BCUT2D eigenvalue weighted by atomic mass is 9.90. The third kappa shape index (κ3) is 12.4. The Morgan fingerprint density at radius 1 is 0.875 bits per heavy atom. The SMILES string of the molecule is CN(CCCC(C)(C)C)CCCC(C)(C)S. The average molecular weight is 245 g/mol. The van der Waals surface area contributed by atoms with Crippen molar-refractivity contribution in [3.8, 4) is 0 Å². The summed E-state index contributed by atoms with van der Waals surface area (Å²) >= 11 is 4.55. The summed E-state index contributed by atoms with van der Waals surface area (Å²) in [6.07, 6.45) is 5.07. The van der Waals surface area contributed by atoms with Crippen LogP contribution in [0.5, 0.6) is 0 Å². The van der Waals surface area contributed by atoms with E-state index < -0.39 is 0 Å². The van der Waals surface area contributed by atoms with Crippen molar-refractivity contribution >= 4 is 12.6 Å². The Morgan fingerprint density at radius 3 is 1.69 bits per heavy atom. The summed E-state index contributed by atoms with van der Waals surface area (Å²) in [6.45, 7) is 13.8.